The molecule has 0 radical (unpaired) electrons. The number of aliphatic hydroxyl groups is 1. The second-order valence-electron chi connectivity index (χ2n) is 15.2. The van der Waals surface area contributed by atoms with Crippen molar-refractivity contribution in [2.45, 2.75) is 103 Å². The van der Waals surface area contributed by atoms with E-state index < -0.39 is 11.2 Å². The van der Waals surface area contributed by atoms with Gasteiger partial charge >= 0.3 is 6.09 Å². The van der Waals surface area contributed by atoms with E-state index in [1.807, 2.05) is 67.0 Å². The first-order valence-electron chi connectivity index (χ1n) is 18.1. The van der Waals surface area contributed by atoms with Crippen molar-refractivity contribution in [3.8, 4) is 16.3 Å². The van der Waals surface area contributed by atoms with Gasteiger partial charge in [-0.2, -0.15) is 5.10 Å². The number of amides is 1. The smallest absolute Gasteiger partial charge is 0.410 e. The number of ether oxygens (including phenoxy) is 3. The first kappa shape index (κ1) is 34.7. The molecule has 0 bridgehead atoms. The number of piperidine rings is 1. The summed E-state index contributed by atoms with van der Waals surface area (Å²) in [5.74, 6) is 1.26. The molecule has 12 heteroatoms. The van der Waals surface area contributed by atoms with Crippen molar-refractivity contribution < 1.29 is 24.1 Å². The molecule has 2 saturated heterocycles. The second-order valence-corrected chi connectivity index (χ2v) is 16.2. The highest BCUT2D eigenvalue weighted by atomic mass is 32.1. The highest BCUT2D eigenvalue weighted by molar-refractivity contribution is 7.15. The topological polar surface area (TPSA) is 115 Å². The molecular weight excluding hydrogens is 653 g/mol. The van der Waals surface area contributed by atoms with Gasteiger partial charge in [-0.3, -0.25) is 4.98 Å². The van der Waals surface area contributed by atoms with Gasteiger partial charge in [-0.05, 0) is 96.8 Å². The number of carbonyl (C=O) groups is 1. The molecule has 7 rings (SSSR count). The maximum Gasteiger partial charge on any atom is 0.410 e. The summed E-state index contributed by atoms with van der Waals surface area (Å²) in [6.07, 6.45) is 13.7. The number of rotatable bonds is 9. The molecule has 3 atom stereocenters. The lowest BCUT2D eigenvalue weighted by Gasteiger charge is -2.43. The fourth-order valence-corrected chi connectivity index (χ4v) is 8.26. The third-order valence-electron chi connectivity index (χ3n) is 10.3. The van der Waals surface area contributed by atoms with Crippen LogP contribution in [0.3, 0.4) is 0 Å². The van der Waals surface area contributed by atoms with Crippen LogP contribution in [-0.2, 0) is 15.1 Å². The molecule has 3 aliphatic rings. The van der Waals surface area contributed by atoms with Crippen LogP contribution in [-0.4, -0.2) is 80.8 Å². The Morgan fingerprint density at radius 1 is 1.04 bits per heavy atom. The summed E-state index contributed by atoms with van der Waals surface area (Å²) in [4.78, 5) is 27.9. The van der Waals surface area contributed by atoms with E-state index in [1.165, 1.54) is 30.6 Å². The lowest BCUT2D eigenvalue weighted by atomic mass is 9.84. The Morgan fingerprint density at radius 2 is 1.88 bits per heavy atom. The van der Waals surface area contributed by atoms with Crippen LogP contribution in [0.1, 0.15) is 95.9 Å². The first-order chi connectivity index (χ1) is 24.0. The summed E-state index contributed by atoms with van der Waals surface area (Å²) >= 11 is 1.44. The minimum atomic E-state index is -1.35. The molecule has 11 nitrogen and oxygen atoms in total. The summed E-state index contributed by atoms with van der Waals surface area (Å²) in [6, 6.07) is 7.97. The number of carbonyl (C=O) groups excluding carboxylic acids is 1. The number of hydrogen-bond donors (Lipinski definition) is 1. The number of fused-ring (bicyclic) bond motifs is 1. The number of pyridine rings is 1. The molecule has 0 spiro atoms. The van der Waals surface area contributed by atoms with Crippen molar-refractivity contribution in [3.05, 3.63) is 53.4 Å². The van der Waals surface area contributed by atoms with Gasteiger partial charge < -0.3 is 29.1 Å². The third kappa shape index (κ3) is 7.20. The summed E-state index contributed by atoms with van der Waals surface area (Å²) in [7, 11) is 1.66. The van der Waals surface area contributed by atoms with Gasteiger partial charge in [0.05, 0.1) is 47.3 Å². The van der Waals surface area contributed by atoms with Gasteiger partial charge in [-0.25, -0.2) is 14.5 Å². The monoisotopic (exact) mass is 702 g/mol. The van der Waals surface area contributed by atoms with Gasteiger partial charge in [-0.15, -0.1) is 11.3 Å². The second kappa shape index (κ2) is 14.1. The maximum absolute atomic E-state index is 13.3. The lowest BCUT2D eigenvalue weighted by molar-refractivity contribution is -0.0366. The molecule has 1 aromatic carbocycles. The van der Waals surface area contributed by atoms with Crippen LogP contribution in [0.4, 0.5) is 10.5 Å². The number of nitrogens with zero attached hydrogens (tertiary/aromatic N) is 6. The molecule has 1 amide bonds. The number of thiazole rings is 1. The average molecular weight is 703 g/mol. The number of hydrogen-bond acceptors (Lipinski definition) is 10. The van der Waals surface area contributed by atoms with E-state index >= 15 is 0 Å². The average Bonchev–Trinajstić information content (AvgIpc) is 3.76. The molecule has 4 aromatic rings. The van der Waals surface area contributed by atoms with Crippen molar-refractivity contribution in [3.63, 3.8) is 0 Å². The molecule has 1 saturated carbocycles. The number of benzene rings is 1. The molecule has 3 aromatic heterocycles. The molecule has 268 valence electrons. The Labute approximate surface area is 298 Å². The van der Waals surface area contributed by atoms with E-state index in [9.17, 15) is 9.90 Å². The van der Waals surface area contributed by atoms with Crippen LogP contribution in [0, 0.1) is 5.92 Å². The van der Waals surface area contributed by atoms with Crippen molar-refractivity contribution >= 4 is 34.0 Å². The summed E-state index contributed by atoms with van der Waals surface area (Å²) in [5.41, 5.74) is 1.46. The zero-order valence-electron chi connectivity index (χ0n) is 29.9. The molecule has 1 aliphatic carbocycles. The van der Waals surface area contributed by atoms with Crippen molar-refractivity contribution in [2.75, 3.05) is 38.3 Å². The number of anilines is 1. The lowest BCUT2D eigenvalue weighted by Crippen LogP contribution is -2.53. The van der Waals surface area contributed by atoms with Crippen LogP contribution in [0.5, 0.6) is 5.75 Å². The largest absolute Gasteiger partial charge is 0.497 e. The van der Waals surface area contributed by atoms with Crippen molar-refractivity contribution in [1.82, 2.24) is 24.6 Å². The number of aromatic nitrogens is 4. The standard InChI is InChI=1S/C38H50N6O5S/c1-37(2,3)49-36(45)43(23-25-10-8-11-25)27-12-9-16-42(24-27)26-14-15-32(39-20-26)38(4,46)33-22-40-35(50-33)29-18-28(47-5)19-31-30(29)21-41-44(31)34-13-6-7-17-48-34/h14-15,18-22,25,27,34,46H,6-13,16-17,23-24H2,1-5H3/t27-,34?,38?/m1/s1. The van der Waals surface area contributed by atoms with E-state index in [0.29, 0.717) is 22.2 Å². The minimum Gasteiger partial charge on any atom is -0.497 e. The predicted molar refractivity (Wildman–Crippen MR) is 195 cm³/mol. The third-order valence-corrected chi connectivity index (χ3v) is 11.6. The quantitative estimate of drug-likeness (QED) is 0.189. The zero-order valence-corrected chi connectivity index (χ0v) is 30.7. The van der Waals surface area contributed by atoms with E-state index in [2.05, 4.69) is 4.90 Å². The van der Waals surface area contributed by atoms with Crippen LogP contribution < -0.4 is 9.64 Å². The molecule has 3 fully saturated rings. The summed E-state index contributed by atoms with van der Waals surface area (Å²) < 4.78 is 19.5. The molecule has 2 unspecified atom stereocenters. The van der Waals surface area contributed by atoms with Crippen LogP contribution in [0.2, 0.25) is 0 Å². The zero-order chi connectivity index (χ0) is 35.0. The number of methoxy groups -OCH3 is 1. The molecule has 5 heterocycles. The van der Waals surface area contributed by atoms with Gasteiger partial charge in [0.15, 0.2) is 6.23 Å². The fraction of sp³-hybridized carbons (Fsp3) is 0.579. The fourth-order valence-electron chi connectivity index (χ4n) is 7.26. The summed E-state index contributed by atoms with van der Waals surface area (Å²) in [5, 5.41) is 18.3. The Morgan fingerprint density at radius 3 is 2.56 bits per heavy atom. The van der Waals surface area contributed by atoms with Gasteiger partial charge in [0, 0.05) is 49.5 Å². The maximum atomic E-state index is 13.3. The van der Waals surface area contributed by atoms with Gasteiger partial charge in [0.1, 0.15) is 22.0 Å². The van der Waals surface area contributed by atoms with Crippen LogP contribution >= 0.6 is 11.3 Å². The Kier molecular flexibility index (Phi) is 9.79. The predicted octanol–water partition coefficient (Wildman–Crippen LogP) is 7.52. The van der Waals surface area contributed by atoms with Gasteiger partial charge in [-0.1, -0.05) is 6.42 Å². The van der Waals surface area contributed by atoms with Crippen LogP contribution in [0.25, 0.3) is 21.5 Å². The van der Waals surface area contributed by atoms with Crippen molar-refractivity contribution in [2.24, 2.45) is 5.92 Å². The highest BCUT2D eigenvalue weighted by Gasteiger charge is 2.35. The Hall–Kier alpha value is -3.74. The Balaban J connectivity index is 1.09. The highest BCUT2D eigenvalue weighted by Crippen LogP contribution is 2.41. The molecule has 2 aliphatic heterocycles. The van der Waals surface area contributed by atoms with E-state index in [0.717, 1.165) is 85.5 Å². The van der Waals surface area contributed by atoms with E-state index in [4.69, 9.17) is 29.3 Å². The van der Waals surface area contributed by atoms with E-state index in [-0.39, 0.29) is 18.4 Å². The first-order valence-corrected chi connectivity index (χ1v) is 18.9. The molecule has 1 N–H and O–H groups in total. The molecule has 50 heavy (non-hydrogen) atoms. The minimum absolute atomic E-state index is 0.0722. The van der Waals surface area contributed by atoms with E-state index in [1.54, 1.807) is 20.2 Å². The molecular formula is C38H50N6O5S. The Bertz CT molecular complexity index is 1790. The SMILES string of the molecule is COc1cc(-c2ncc(C(C)(O)c3ccc(N4CCC[C@@H](N(CC5CCC5)C(=O)OC(C)(C)C)C4)cn3)s2)c2cnn(C3CCCCO3)c2c1. The van der Waals surface area contributed by atoms with Gasteiger partial charge in [0.2, 0.25) is 0 Å². The van der Waals surface area contributed by atoms with Gasteiger partial charge in [0.25, 0.3) is 0 Å². The van der Waals surface area contributed by atoms with Crippen LogP contribution in [0.15, 0.2) is 42.9 Å². The van der Waals surface area contributed by atoms with Crippen molar-refractivity contribution in [1.29, 1.82) is 0 Å². The summed E-state index contributed by atoms with van der Waals surface area (Å²) in [6.45, 7) is 10.6. The normalized spacial score (nSPS) is 21.4.